The molecule has 0 spiro atoms. The third-order valence-corrected chi connectivity index (χ3v) is 3.25. The molecule has 0 aromatic heterocycles. The normalized spacial score (nSPS) is 13.4. The molecule has 0 fully saturated rings. The summed E-state index contributed by atoms with van der Waals surface area (Å²) in [5, 5.41) is 0.0265. The summed E-state index contributed by atoms with van der Waals surface area (Å²) in [6.45, 7) is 7.72. The van der Waals surface area contributed by atoms with E-state index in [0.717, 1.165) is 6.07 Å². The van der Waals surface area contributed by atoms with Gasteiger partial charge in [0.1, 0.15) is 0 Å². The molecule has 0 aliphatic rings. The van der Waals surface area contributed by atoms with Gasteiger partial charge in [0.2, 0.25) is 0 Å². The number of rotatable bonds is 2. The molecule has 0 aliphatic heterocycles. The maximum absolute atomic E-state index is 12.7. The van der Waals surface area contributed by atoms with Crippen molar-refractivity contribution in [3.05, 3.63) is 29.8 Å². The highest BCUT2D eigenvalue weighted by Crippen LogP contribution is 2.31. The highest BCUT2D eigenvalue weighted by atomic mass is 31.1. The third-order valence-electron chi connectivity index (χ3n) is 1.93. The smallest absolute Gasteiger partial charge is 0.166 e. The molecule has 1 rings (SSSR count). The van der Waals surface area contributed by atoms with Crippen LogP contribution in [0.1, 0.15) is 26.3 Å². The van der Waals surface area contributed by atoms with E-state index in [-0.39, 0.29) is 10.6 Å². The SMILES string of the molecule is CC(C)(C)P[B]c1ccccc1C(F)(F)F. The van der Waals surface area contributed by atoms with Crippen LogP contribution in [-0.4, -0.2) is 12.2 Å². The minimum absolute atomic E-state index is 0.0265. The van der Waals surface area contributed by atoms with E-state index >= 15 is 0 Å². The zero-order valence-electron chi connectivity index (χ0n) is 9.52. The summed E-state index contributed by atoms with van der Waals surface area (Å²) in [6, 6.07) is 5.69. The molecular formula is C11H14BF3P. The van der Waals surface area contributed by atoms with Crippen LogP contribution in [0.3, 0.4) is 0 Å². The standard InChI is InChI=1S/C11H14BF3P/c1-10(2,3)16-12-9-7-5-4-6-8(9)11(13,14)15/h4-7,16H,1-3H3. The topological polar surface area (TPSA) is 0 Å². The van der Waals surface area contributed by atoms with Crippen LogP contribution in [0.25, 0.3) is 0 Å². The van der Waals surface area contributed by atoms with E-state index in [1.165, 1.54) is 12.1 Å². The molecule has 0 N–H and O–H groups in total. The van der Waals surface area contributed by atoms with Crippen LogP contribution in [0.15, 0.2) is 24.3 Å². The van der Waals surface area contributed by atoms with Crippen LogP contribution >= 0.6 is 8.46 Å². The Kier molecular flexibility index (Phi) is 4.06. The second kappa shape index (κ2) is 4.79. The maximum Gasteiger partial charge on any atom is 0.415 e. The van der Waals surface area contributed by atoms with Crippen molar-refractivity contribution in [2.75, 3.05) is 0 Å². The Balaban J connectivity index is 2.88. The summed E-state index contributed by atoms with van der Waals surface area (Å²) in [4.78, 5) is 0. The van der Waals surface area contributed by atoms with E-state index in [4.69, 9.17) is 0 Å². The first-order valence-electron chi connectivity index (χ1n) is 4.97. The first-order valence-corrected chi connectivity index (χ1v) is 6.05. The highest BCUT2D eigenvalue weighted by molar-refractivity contribution is 7.74. The number of hydrogen-bond acceptors (Lipinski definition) is 0. The van der Waals surface area contributed by atoms with E-state index in [1.54, 1.807) is 13.1 Å². The number of benzene rings is 1. The average molecular weight is 245 g/mol. The molecule has 1 radical (unpaired) electrons. The van der Waals surface area contributed by atoms with Gasteiger partial charge in [-0.05, 0) is 5.16 Å². The summed E-state index contributed by atoms with van der Waals surface area (Å²) in [7, 11) is 0.369. The predicted octanol–water partition coefficient (Wildman–Crippen LogP) is 3.43. The van der Waals surface area contributed by atoms with Crippen molar-refractivity contribution in [1.82, 2.24) is 0 Å². The summed E-state index contributed by atoms with van der Waals surface area (Å²) in [5.74, 6) is 0. The van der Waals surface area contributed by atoms with Crippen molar-refractivity contribution in [3.8, 4) is 0 Å². The fourth-order valence-electron chi connectivity index (χ4n) is 1.18. The van der Waals surface area contributed by atoms with Gasteiger partial charge >= 0.3 is 6.18 Å². The van der Waals surface area contributed by atoms with Crippen LogP contribution in [0, 0.1) is 0 Å². The predicted molar refractivity (Wildman–Crippen MR) is 64.9 cm³/mol. The zero-order valence-corrected chi connectivity index (χ0v) is 10.5. The lowest BCUT2D eigenvalue weighted by Crippen LogP contribution is -2.25. The molecule has 0 heterocycles. The van der Waals surface area contributed by atoms with Crippen molar-refractivity contribution in [2.45, 2.75) is 32.1 Å². The van der Waals surface area contributed by atoms with E-state index < -0.39 is 11.7 Å². The molecule has 0 amide bonds. The Hall–Kier alpha value is -0.495. The molecule has 87 valence electrons. The van der Waals surface area contributed by atoms with Gasteiger partial charge in [-0.2, -0.15) is 21.6 Å². The Morgan fingerprint density at radius 3 is 2.12 bits per heavy atom. The third kappa shape index (κ3) is 4.17. The largest absolute Gasteiger partial charge is 0.415 e. The first-order chi connectivity index (χ1) is 7.20. The molecule has 0 saturated carbocycles. The van der Waals surface area contributed by atoms with Crippen LogP contribution in [-0.2, 0) is 6.18 Å². The second-order valence-corrected chi connectivity index (χ2v) is 6.70. The summed E-state index contributed by atoms with van der Waals surface area (Å²) in [6.07, 6.45) is -4.27. The van der Waals surface area contributed by atoms with Crippen molar-refractivity contribution >= 4 is 20.9 Å². The quantitative estimate of drug-likeness (QED) is 0.553. The maximum atomic E-state index is 12.7. The van der Waals surface area contributed by atoms with E-state index in [0.29, 0.717) is 8.46 Å². The zero-order chi connectivity index (χ0) is 12.4. The minimum Gasteiger partial charge on any atom is -0.166 e. The lowest BCUT2D eigenvalue weighted by molar-refractivity contribution is -0.136. The molecule has 1 aromatic rings. The molecule has 0 saturated heterocycles. The minimum atomic E-state index is -4.27. The first kappa shape index (κ1) is 13.6. The van der Waals surface area contributed by atoms with Crippen molar-refractivity contribution in [2.24, 2.45) is 0 Å². The molecule has 0 aliphatic carbocycles. The summed E-state index contributed by atoms with van der Waals surface area (Å²) < 4.78 is 38.0. The molecule has 1 atom stereocenters. The Morgan fingerprint density at radius 2 is 1.62 bits per heavy atom. The fourth-order valence-corrected chi connectivity index (χ4v) is 2.02. The van der Waals surface area contributed by atoms with Gasteiger partial charge in [-0.15, -0.1) is 0 Å². The second-order valence-electron chi connectivity index (χ2n) is 4.62. The lowest BCUT2D eigenvalue weighted by atomic mass is 9.89. The molecule has 0 nitrogen and oxygen atoms in total. The van der Waals surface area contributed by atoms with E-state index in [9.17, 15) is 13.2 Å². The monoisotopic (exact) mass is 245 g/mol. The van der Waals surface area contributed by atoms with Gasteiger partial charge in [0.15, 0.2) is 7.00 Å². The van der Waals surface area contributed by atoms with Gasteiger partial charge in [-0.25, -0.2) is 0 Å². The van der Waals surface area contributed by atoms with Crippen LogP contribution in [0.5, 0.6) is 0 Å². The van der Waals surface area contributed by atoms with Gasteiger partial charge in [0, 0.05) is 5.56 Å². The number of halogens is 3. The van der Waals surface area contributed by atoms with Crippen LogP contribution in [0.2, 0.25) is 0 Å². The molecular weight excluding hydrogens is 231 g/mol. The Morgan fingerprint density at radius 1 is 1.06 bits per heavy atom. The molecule has 16 heavy (non-hydrogen) atoms. The fraction of sp³-hybridized carbons (Fsp3) is 0.455. The number of alkyl halides is 3. The van der Waals surface area contributed by atoms with E-state index in [2.05, 4.69) is 0 Å². The lowest BCUT2D eigenvalue weighted by Gasteiger charge is -2.19. The molecule has 1 aromatic carbocycles. The van der Waals surface area contributed by atoms with Crippen LogP contribution in [0.4, 0.5) is 13.2 Å². The van der Waals surface area contributed by atoms with Crippen molar-refractivity contribution in [3.63, 3.8) is 0 Å². The average Bonchev–Trinajstić information content (AvgIpc) is 2.12. The van der Waals surface area contributed by atoms with Gasteiger partial charge in [-0.3, -0.25) is 0 Å². The number of hydrogen-bond donors (Lipinski definition) is 0. The summed E-state index contributed by atoms with van der Waals surface area (Å²) in [5.41, 5.74) is -0.269. The Labute approximate surface area is 96.6 Å². The van der Waals surface area contributed by atoms with Crippen molar-refractivity contribution < 1.29 is 13.2 Å². The van der Waals surface area contributed by atoms with E-state index in [1.807, 2.05) is 20.8 Å². The summed E-state index contributed by atoms with van der Waals surface area (Å²) >= 11 is 0. The van der Waals surface area contributed by atoms with Gasteiger partial charge in [0.25, 0.3) is 0 Å². The highest BCUT2D eigenvalue weighted by Gasteiger charge is 2.32. The molecule has 5 heteroatoms. The van der Waals surface area contributed by atoms with Gasteiger partial charge in [0.05, 0.1) is 0 Å². The molecule has 1 unspecified atom stereocenters. The van der Waals surface area contributed by atoms with Crippen molar-refractivity contribution in [1.29, 1.82) is 0 Å². The van der Waals surface area contributed by atoms with Gasteiger partial charge in [-0.1, -0.05) is 50.5 Å². The van der Waals surface area contributed by atoms with Gasteiger partial charge < -0.3 is 0 Å². The Bertz CT molecular complexity index is 355. The molecule has 0 bridgehead atoms. The van der Waals surface area contributed by atoms with Crippen LogP contribution < -0.4 is 5.46 Å².